The minimum atomic E-state index is -1.19. The van der Waals surface area contributed by atoms with Crippen molar-refractivity contribution in [1.29, 1.82) is 0 Å². The third-order valence-corrected chi connectivity index (χ3v) is 3.06. The predicted octanol–water partition coefficient (Wildman–Crippen LogP) is 2.33. The van der Waals surface area contributed by atoms with Crippen LogP contribution in [0, 0.1) is 0 Å². The fraction of sp³-hybridized carbons (Fsp3) is 0.250. The van der Waals surface area contributed by atoms with Crippen LogP contribution in [0.1, 0.15) is 10.4 Å². The Bertz CT molecular complexity index is 568. The van der Waals surface area contributed by atoms with E-state index in [2.05, 4.69) is 10.1 Å². The summed E-state index contributed by atoms with van der Waals surface area (Å²) in [6, 6.07) is 1.67. The van der Waals surface area contributed by atoms with Crippen molar-refractivity contribution in [2.24, 2.45) is 0 Å². The Morgan fingerprint density at radius 1 is 1.29 bits per heavy atom. The summed E-state index contributed by atoms with van der Waals surface area (Å²) < 4.78 is 4.43. The van der Waals surface area contributed by atoms with Crippen molar-refractivity contribution < 1.29 is 24.2 Å². The van der Waals surface area contributed by atoms with E-state index in [0.717, 1.165) is 17.0 Å². The topological polar surface area (TPSA) is 95.9 Å². The lowest BCUT2D eigenvalue weighted by molar-refractivity contribution is -0.140. The van der Waals surface area contributed by atoms with Gasteiger partial charge in [-0.1, -0.05) is 23.2 Å². The number of benzene rings is 1. The molecule has 0 aliphatic heterocycles. The van der Waals surface area contributed by atoms with Gasteiger partial charge < -0.3 is 20.1 Å². The lowest BCUT2D eigenvalue weighted by Gasteiger charge is -2.18. The van der Waals surface area contributed by atoms with Gasteiger partial charge >= 0.3 is 18.0 Å². The van der Waals surface area contributed by atoms with Crippen LogP contribution in [0.25, 0.3) is 0 Å². The number of nitrogens with one attached hydrogen (secondary N) is 1. The van der Waals surface area contributed by atoms with Crippen LogP contribution in [0.15, 0.2) is 12.1 Å². The van der Waals surface area contributed by atoms with E-state index >= 15 is 0 Å². The molecule has 9 heteroatoms. The molecule has 0 aliphatic rings. The number of carbonyl (C=O) groups is 3. The fourth-order valence-corrected chi connectivity index (χ4v) is 1.93. The first kappa shape index (κ1) is 17.1. The molecule has 7 nitrogen and oxygen atoms in total. The summed E-state index contributed by atoms with van der Waals surface area (Å²) in [6.07, 6.45) is 0. The van der Waals surface area contributed by atoms with Crippen LogP contribution in [0.3, 0.4) is 0 Å². The Morgan fingerprint density at radius 2 is 1.81 bits per heavy atom. The van der Waals surface area contributed by atoms with Gasteiger partial charge in [0, 0.05) is 7.05 Å². The van der Waals surface area contributed by atoms with Crippen LogP contribution in [0.4, 0.5) is 10.5 Å². The van der Waals surface area contributed by atoms with E-state index in [1.54, 1.807) is 0 Å². The summed E-state index contributed by atoms with van der Waals surface area (Å²) in [7, 11) is 2.58. The van der Waals surface area contributed by atoms with Gasteiger partial charge in [0.25, 0.3) is 0 Å². The van der Waals surface area contributed by atoms with Crippen LogP contribution in [0.5, 0.6) is 0 Å². The lowest BCUT2D eigenvalue weighted by atomic mass is 10.2. The summed E-state index contributed by atoms with van der Waals surface area (Å²) in [6.45, 7) is -0.259. The highest BCUT2D eigenvalue weighted by molar-refractivity contribution is 6.40. The number of halogens is 2. The quantitative estimate of drug-likeness (QED) is 0.824. The van der Waals surface area contributed by atoms with Gasteiger partial charge in [-0.2, -0.15) is 0 Å². The molecule has 1 aromatic carbocycles. The van der Waals surface area contributed by atoms with Crippen molar-refractivity contribution in [2.45, 2.75) is 0 Å². The van der Waals surface area contributed by atoms with Crippen molar-refractivity contribution in [3.8, 4) is 0 Å². The molecule has 0 atom stereocenters. The molecule has 0 bridgehead atoms. The van der Waals surface area contributed by atoms with Crippen LogP contribution in [-0.2, 0) is 9.53 Å². The molecule has 0 fully saturated rings. The van der Waals surface area contributed by atoms with E-state index in [0.29, 0.717) is 0 Å². The first-order valence-corrected chi connectivity index (χ1v) is 6.33. The van der Waals surface area contributed by atoms with E-state index in [9.17, 15) is 14.4 Å². The Hall–Kier alpha value is -1.99. The van der Waals surface area contributed by atoms with Gasteiger partial charge in [0.15, 0.2) is 0 Å². The smallest absolute Gasteiger partial charge is 0.335 e. The largest absolute Gasteiger partial charge is 0.478 e. The second-order valence-corrected chi connectivity index (χ2v) is 4.80. The molecule has 0 spiro atoms. The first-order valence-electron chi connectivity index (χ1n) is 5.57. The number of urea groups is 1. The molecule has 1 aromatic rings. The predicted molar refractivity (Wildman–Crippen MR) is 77.1 cm³/mol. The molecule has 2 amide bonds. The molecule has 114 valence electrons. The van der Waals surface area contributed by atoms with Crippen LogP contribution >= 0.6 is 23.2 Å². The number of likely N-dealkylation sites (N-methyl/N-ethyl adjacent to an activating group) is 1. The highest BCUT2D eigenvalue weighted by Crippen LogP contribution is 2.32. The van der Waals surface area contributed by atoms with Crippen LogP contribution in [-0.4, -0.2) is 48.7 Å². The molecule has 2 N–H and O–H groups in total. The molecule has 0 radical (unpaired) electrons. The Morgan fingerprint density at radius 3 is 2.24 bits per heavy atom. The number of carbonyl (C=O) groups excluding carboxylic acids is 2. The molecule has 0 unspecified atom stereocenters. The second kappa shape index (κ2) is 7.14. The number of esters is 1. The van der Waals surface area contributed by atoms with E-state index in [1.165, 1.54) is 14.2 Å². The van der Waals surface area contributed by atoms with E-state index in [1.807, 2.05) is 0 Å². The van der Waals surface area contributed by atoms with E-state index in [4.69, 9.17) is 28.3 Å². The number of rotatable bonds is 4. The third kappa shape index (κ3) is 4.51. The Labute approximate surface area is 130 Å². The average molecular weight is 335 g/mol. The lowest BCUT2D eigenvalue weighted by Crippen LogP contribution is -2.36. The van der Waals surface area contributed by atoms with Gasteiger partial charge in [0.2, 0.25) is 0 Å². The number of hydrogen-bond acceptors (Lipinski definition) is 4. The highest BCUT2D eigenvalue weighted by atomic mass is 35.5. The van der Waals surface area contributed by atoms with Gasteiger partial charge in [-0.15, -0.1) is 0 Å². The SMILES string of the molecule is COC(=O)CN(C)C(=O)Nc1c(Cl)cc(C(=O)O)cc1Cl. The van der Waals surface area contributed by atoms with Crippen LogP contribution < -0.4 is 5.32 Å². The first-order chi connectivity index (χ1) is 9.76. The Kier molecular flexibility index (Phi) is 5.80. The van der Waals surface area contributed by atoms with Gasteiger partial charge in [-0.05, 0) is 12.1 Å². The van der Waals surface area contributed by atoms with Crippen molar-refractivity contribution in [2.75, 3.05) is 26.0 Å². The number of methoxy groups -OCH3 is 1. The summed E-state index contributed by atoms with van der Waals surface area (Å²) in [4.78, 5) is 34.8. The molecule has 0 heterocycles. The summed E-state index contributed by atoms with van der Waals surface area (Å²) in [5.74, 6) is -1.79. The number of carboxylic acids is 1. The molecule has 0 saturated carbocycles. The molecule has 21 heavy (non-hydrogen) atoms. The van der Waals surface area contributed by atoms with Crippen LogP contribution in [0.2, 0.25) is 10.0 Å². The van der Waals surface area contributed by atoms with Crippen molar-refractivity contribution in [3.63, 3.8) is 0 Å². The maximum Gasteiger partial charge on any atom is 0.335 e. The number of ether oxygens (including phenoxy) is 1. The standard InChI is InChI=1S/C12H12Cl2N2O5/c1-16(5-9(17)21-2)12(20)15-10-7(13)3-6(11(18)19)4-8(10)14/h3-4H,5H2,1-2H3,(H,15,20)(H,18,19). The average Bonchev–Trinajstić information content (AvgIpc) is 2.41. The number of aromatic carboxylic acids is 1. The van der Waals surface area contributed by atoms with E-state index < -0.39 is 18.0 Å². The number of anilines is 1. The number of hydrogen-bond donors (Lipinski definition) is 2. The van der Waals surface area contributed by atoms with Crippen molar-refractivity contribution in [1.82, 2.24) is 4.90 Å². The maximum absolute atomic E-state index is 11.9. The molecule has 0 aromatic heterocycles. The normalized spacial score (nSPS) is 9.90. The van der Waals surface area contributed by atoms with Gasteiger partial charge in [-0.25, -0.2) is 9.59 Å². The molecular weight excluding hydrogens is 323 g/mol. The van der Waals surface area contributed by atoms with Crippen molar-refractivity contribution >= 4 is 46.9 Å². The molecule has 1 rings (SSSR count). The number of carboxylic acid groups (broad SMARTS) is 1. The molecular formula is C12H12Cl2N2O5. The minimum Gasteiger partial charge on any atom is -0.478 e. The van der Waals surface area contributed by atoms with Gasteiger partial charge in [-0.3, -0.25) is 4.79 Å². The Balaban J connectivity index is 2.90. The fourth-order valence-electron chi connectivity index (χ4n) is 1.35. The van der Waals surface area contributed by atoms with Gasteiger partial charge in [0.05, 0.1) is 28.4 Å². The third-order valence-electron chi connectivity index (χ3n) is 2.46. The monoisotopic (exact) mass is 334 g/mol. The minimum absolute atomic E-state index is 0.0280. The zero-order chi connectivity index (χ0) is 16.2. The maximum atomic E-state index is 11.9. The van der Waals surface area contributed by atoms with Crippen molar-refractivity contribution in [3.05, 3.63) is 27.7 Å². The highest BCUT2D eigenvalue weighted by Gasteiger charge is 2.18. The van der Waals surface area contributed by atoms with E-state index in [-0.39, 0.29) is 27.8 Å². The van der Waals surface area contributed by atoms with Gasteiger partial charge in [0.1, 0.15) is 6.54 Å². The molecule has 0 aliphatic carbocycles. The molecule has 0 saturated heterocycles. The second-order valence-electron chi connectivity index (χ2n) is 3.98. The zero-order valence-corrected chi connectivity index (χ0v) is 12.7. The number of amides is 2. The summed E-state index contributed by atoms with van der Waals surface area (Å²) in [5, 5.41) is 11.2. The summed E-state index contributed by atoms with van der Waals surface area (Å²) in [5.41, 5.74) is -0.0454. The number of nitrogens with zero attached hydrogens (tertiary/aromatic N) is 1. The zero-order valence-electron chi connectivity index (χ0n) is 11.1. The summed E-state index contributed by atoms with van der Waals surface area (Å²) >= 11 is 11.8.